The molecule has 0 saturated carbocycles. The monoisotopic (exact) mass is 386 g/mol. The summed E-state index contributed by atoms with van der Waals surface area (Å²) in [5.41, 5.74) is 0.675. The fourth-order valence-electron chi connectivity index (χ4n) is 2.28. The van der Waals surface area contributed by atoms with Crippen molar-refractivity contribution in [2.45, 2.75) is 0 Å². The molecule has 136 valence electrons. The normalized spacial score (nSPS) is 11.0. The van der Waals surface area contributed by atoms with Gasteiger partial charge < -0.3 is 15.4 Å². The highest BCUT2D eigenvalue weighted by molar-refractivity contribution is 7.80. The first-order valence-electron chi connectivity index (χ1n) is 7.31. The fourth-order valence-corrected chi connectivity index (χ4v) is 2.44. The summed E-state index contributed by atoms with van der Waals surface area (Å²) in [5, 5.41) is 42.0. The number of nitro groups is 2. The molecule has 0 unspecified atom stereocenters. The molecule has 0 atom stereocenters. The van der Waals surface area contributed by atoms with E-state index in [2.05, 4.69) is 20.5 Å². The number of rotatable bonds is 4. The number of benzene rings is 2. The minimum Gasteiger partial charge on any atom is -0.493 e. The molecule has 3 rings (SSSR count). The Kier molecular flexibility index (Phi) is 4.72. The van der Waals surface area contributed by atoms with Crippen molar-refractivity contribution in [3.63, 3.8) is 0 Å². The lowest BCUT2D eigenvalue weighted by atomic mass is 10.2. The maximum absolute atomic E-state index is 10.9. The summed E-state index contributed by atoms with van der Waals surface area (Å²) in [4.78, 5) is 23.1. The molecule has 27 heavy (non-hydrogen) atoms. The van der Waals surface area contributed by atoms with Crippen LogP contribution in [0, 0.1) is 20.2 Å². The summed E-state index contributed by atoms with van der Waals surface area (Å²) >= 11 is 5.02. The van der Waals surface area contributed by atoms with Gasteiger partial charge in [0.1, 0.15) is 0 Å². The highest BCUT2D eigenvalue weighted by atomic mass is 32.1. The molecule has 0 radical (unpaired) electrons. The third kappa shape index (κ3) is 3.85. The van der Waals surface area contributed by atoms with E-state index in [1.807, 2.05) is 0 Å². The van der Waals surface area contributed by atoms with Gasteiger partial charge in [-0.3, -0.25) is 20.2 Å². The van der Waals surface area contributed by atoms with E-state index in [1.54, 1.807) is 0 Å². The number of hydrogen-bond donors (Lipinski definition) is 3. The van der Waals surface area contributed by atoms with E-state index in [-0.39, 0.29) is 28.1 Å². The van der Waals surface area contributed by atoms with Crippen LogP contribution in [-0.2, 0) is 0 Å². The first-order valence-corrected chi connectivity index (χ1v) is 7.72. The standard InChI is InChI=1S/C15H10N6O5S/c22-14-13(11-7-10(21(25)26)5-6-12(11)17-14)18-19-15(27)16-8-1-3-9(4-2-8)20(23)24/h1-7,17,22H,(H,16,27). The maximum atomic E-state index is 10.9. The van der Waals surface area contributed by atoms with Crippen LogP contribution in [0.1, 0.15) is 0 Å². The van der Waals surface area contributed by atoms with Gasteiger partial charge in [0.05, 0.1) is 15.4 Å². The lowest BCUT2D eigenvalue weighted by Gasteiger charge is -2.02. The SMILES string of the molecule is O=[N+]([O-])c1ccc(NC(=S)N=Nc2c(O)[nH]c3ccc([N+](=O)[O-])cc23)cc1. The Morgan fingerprint density at radius 1 is 1.07 bits per heavy atom. The van der Waals surface area contributed by atoms with Crippen molar-refractivity contribution in [3.05, 3.63) is 62.7 Å². The molecule has 12 heteroatoms. The summed E-state index contributed by atoms with van der Waals surface area (Å²) in [5.74, 6) is -0.313. The summed E-state index contributed by atoms with van der Waals surface area (Å²) in [6.45, 7) is 0. The predicted molar refractivity (Wildman–Crippen MR) is 100 cm³/mol. The topological polar surface area (TPSA) is 159 Å². The minimum atomic E-state index is -0.564. The Morgan fingerprint density at radius 3 is 2.33 bits per heavy atom. The number of nitrogens with zero attached hydrogens (tertiary/aromatic N) is 4. The molecule has 0 aliphatic rings. The van der Waals surface area contributed by atoms with E-state index in [4.69, 9.17) is 12.2 Å². The quantitative estimate of drug-likeness (QED) is 0.262. The molecule has 0 fully saturated rings. The molecule has 0 amide bonds. The van der Waals surface area contributed by atoms with Crippen LogP contribution in [0.4, 0.5) is 22.7 Å². The molecular weight excluding hydrogens is 376 g/mol. The number of fused-ring (bicyclic) bond motifs is 1. The number of nitrogens with one attached hydrogen (secondary N) is 2. The molecule has 0 bridgehead atoms. The van der Waals surface area contributed by atoms with Gasteiger partial charge >= 0.3 is 0 Å². The van der Waals surface area contributed by atoms with E-state index in [1.165, 1.54) is 42.5 Å². The molecule has 0 aliphatic carbocycles. The summed E-state index contributed by atoms with van der Waals surface area (Å²) in [7, 11) is 0. The van der Waals surface area contributed by atoms with Crippen LogP contribution in [0.5, 0.6) is 5.88 Å². The molecule has 0 aliphatic heterocycles. The lowest BCUT2D eigenvalue weighted by molar-refractivity contribution is -0.385. The molecule has 0 spiro atoms. The van der Waals surface area contributed by atoms with Gasteiger partial charge in [-0.1, -0.05) is 0 Å². The number of hydrogen-bond acceptors (Lipinski definition) is 7. The molecule has 0 saturated heterocycles. The Bertz CT molecular complexity index is 1090. The number of H-pyrrole nitrogens is 1. The number of aromatic nitrogens is 1. The van der Waals surface area contributed by atoms with Gasteiger partial charge in [0, 0.05) is 35.3 Å². The fraction of sp³-hybridized carbons (Fsp3) is 0. The first-order chi connectivity index (χ1) is 12.8. The van der Waals surface area contributed by atoms with E-state index in [9.17, 15) is 25.3 Å². The van der Waals surface area contributed by atoms with Crippen molar-refractivity contribution in [3.8, 4) is 5.88 Å². The number of aromatic hydroxyl groups is 1. The van der Waals surface area contributed by atoms with E-state index in [0.717, 1.165) is 0 Å². The minimum absolute atomic E-state index is 0.00143. The zero-order valence-electron chi connectivity index (χ0n) is 13.3. The average Bonchev–Trinajstić information content (AvgIpc) is 2.94. The number of azo groups is 1. The number of non-ortho nitro benzene ring substituents is 2. The maximum Gasteiger partial charge on any atom is 0.270 e. The van der Waals surface area contributed by atoms with Crippen LogP contribution >= 0.6 is 12.2 Å². The van der Waals surface area contributed by atoms with Crippen molar-refractivity contribution in [2.24, 2.45) is 10.2 Å². The Balaban J connectivity index is 1.81. The summed E-state index contributed by atoms with van der Waals surface area (Å²) in [6.07, 6.45) is 0. The van der Waals surface area contributed by atoms with Gasteiger partial charge in [-0.15, -0.1) is 10.2 Å². The highest BCUT2D eigenvalue weighted by Crippen LogP contribution is 2.37. The van der Waals surface area contributed by atoms with Gasteiger partial charge in [-0.25, -0.2) is 0 Å². The molecule has 11 nitrogen and oxygen atoms in total. The van der Waals surface area contributed by atoms with Gasteiger partial charge in [0.25, 0.3) is 11.4 Å². The van der Waals surface area contributed by atoms with Crippen LogP contribution in [-0.4, -0.2) is 25.0 Å². The number of aromatic amines is 1. The van der Waals surface area contributed by atoms with Gasteiger partial charge in [0.15, 0.2) is 5.69 Å². The third-order valence-electron chi connectivity index (χ3n) is 3.52. The second kappa shape index (κ2) is 7.13. The second-order valence-corrected chi connectivity index (χ2v) is 5.63. The van der Waals surface area contributed by atoms with Crippen molar-refractivity contribution < 1.29 is 15.0 Å². The molecule has 1 aromatic heterocycles. The molecule has 3 aromatic rings. The zero-order chi connectivity index (χ0) is 19.6. The van der Waals surface area contributed by atoms with E-state index in [0.29, 0.717) is 16.6 Å². The second-order valence-electron chi connectivity index (χ2n) is 5.24. The van der Waals surface area contributed by atoms with Crippen LogP contribution < -0.4 is 5.32 Å². The van der Waals surface area contributed by atoms with E-state index >= 15 is 0 Å². The predicted octanol–water partition coefficient (Wildman–Crippen LogP) is 4.17. The molecule has 2 aromatic carbocycles. The largest absolute Gasteiger partial charge is 0.493 e. The lowest BCUT2D eigenvalue weighted by Crippen LogP contribution is -2.04. The molecular formula is C15H10N6O5S. The van der Waals surface area contributed by atoms with Crippen LogP contribution in [0.25, 0.3) is 10.9 Å². The van der Waals surface area contributed by atoms with Gasteiger partial charge in [-0.05, 0) is 30.4 Å². The summed E-state index contributed by atoms with van der Waals surface area (Å²) < 4.78 is 0. The number of thiocarbonyl (C=S) groups is 1. The highest BCUT2D eigenvalue weighted by Gasteiger charge is 2.15. The molecule has 1 heterocycles. The van der Waals surface area contributed by atoms with Crippen LogP contribution in [0.2, 0.25) is 0 Å². The zero-order valence-corrected chi connectivity index (χ0v) is 14.1. The summed E-state index contributed by atoms with van der Waals surface area (Å²) in [6, 6.07) is 9.49. The Morgan fingerprint density at radius 2 is 1.70 bits per heavy atom. The van der Waals surface area contributed by atoms with Crippen molar-refractivity contribution in [2.75, 3.05) is 5.32 Å². The van der Waals surface area contributed by atoms with Crippen molar-refractivity contribution in [1.29, 1.82) is 0 Å². The first kappa shape index (κ1) is 17.9. The van der Waals surface area contributed by atoms with Gasteiger partial charge in [-0.2, -0.15) is 0 Å². The van der Waals surface area contributed by atoms with Crippen molar-refractivity contribution >= 4 is 51.0 Å². The third-order valence-corrected chi connectivity index (χ3v) is 3.70. The Hall–Kier alpha value is -3.93. The van der Waals surface area contributed by atoms with Gasteiger partial charge in [0.2, 0.25) is 11.0 Å². The average molecular weight is 386 g/mol. The smallest absolute Gasteiger partial charge is 0.270 e. The Labute approximate surface area is 155 Å². The van der Waals surface area contributed by atoms with E-state index < -0.39 is 9.85 Å². The van der Waals surface area contributed by atoms with Crippen molar-refractivity contribution in [1.82, 2.24) is 4.98 Å². The number of nitro benzene ring substituents is 2. The number of anilines is 1. The molecule has 3 N–H and O–H groups in total. The van der Waals surface area contributed by atoms with Crippen LogP contribution in [0.15, 0.2) is 52.7 Å². The van der Waals surface area contributed by atoms with Crippen LogP contribution in [0.3, 0.4) is 0 Å².